The number of nitrogens with one attached hydrogen (secondary N) is 2. The molecule has 6 rings (SSSR count). The first kappa shape index (κ1) is 17.3. The summed E-state index contributed by atoms with van der Waals surface area (Å²) in [7, 11) is 0. The van der Waals surface area contributed by atoms with E-state index in [1.807, 2.05) is 72.9 Å². The van der Waals surface area contributed by atoms with Crippen molar-refractivity contribution < 1.29 is 0 Å². The summed E-state index contributed by atoms with van der Waals surface area (Å²) in [6.07, 6.45) is 3.64. The lowest BCUT2D eigenvalue weighted by Crippen LogP contribution is -2.19. The summed E-state index contributed by atoms with van der Waals surface area (Å²) in [5.74, 6) is 0.485. The number of anilines is 1. The topological polar surface area (TPSA) is 87.4 Å². The number of aromatic amines is 1. The molecule has 0 aliphatic carbocycles. The van der Waals surface area contributed by atoms with Gasteiger partial charge in [-0.2, -0.15) is 9.62 Å². The molecule has 3 heterocycles. The zero-order chi connectivity index (χ0) is 20.8. The van der Waals surface area contributed by atoms with Crippen molar-refractivity contribution >= 4 is 50.3 Å². The summed E-state index contributed by atoms with van der Waals surface area (Å²) in [5.41, 5.74) is 5.97. The van der Waals surface area contributed by atoms with Crippen LogP contribution in [-0.4, -0.2) is 25.8 Å². The number of H-pyrrole nitrogens is 1. The Morgan fingerprint density at radius 2 is 1.58 bits per heavy atom. The number of fused-ring (bicyclic) bond motifs is 5. The molecule has 0 saturated heterocycles. The van der Waals surface area contributed by atoms with Crippen LogP contribution < -0.4 is 11.0 Å². The number of para-hydroxylation sites is 2. The Kier molecular flexibility index (Phi) is 3.79. The first-order valence-electron chi connectivity index (χ1n) is 9.85. The second-order valence-corrected chi connectivity index (χ2v) is 7.22. The predicted molar refractivity (Wildman–Crippen MR) is 124 cm³/mol. The van der Waals surface area contributed by atoms with Gasteiger partial charge in [0.15, 0.2) is 11.5 Å². The van der Waals surface area contributed by atoms with Gasteiger partial charge in [-0.15, -0.1) is 5.10 Å². The van der Waals surface area contributed by atoms with Crippen LogP contribution in [0.3, 0.4) is 0 Å². The quantitative estimate of drug-likeness (QED) is 0.199. The van der Waals surface area contributed by atoms with Gasteiger partial charge in [0.2, 0.25) is 0 Å². The highest BCUT2D eigenvalue weighted by atomic mass is 16.1. The fourth-order valence-electron chi connectivity index (χ4n) is 3.88. The number of benzene rings is 3. The van der Waals surface area contributed by atoms with E-state index in [1.165, 1.54) is 4.52 Å². The van der Waals surface area contributed by atoms with Crippen LogP contribution in [0.15, 0.2) is 88.9 Å². The molecule has 0 radical (unpaired) electrons. The smallest absolute Gasteiger partial charge is 0.282 e. The monoisotopic (exact) mass is 404 g/mol. The summed E-state index contributed by atoms with van der Waals surface area (Å²) < 4.78 is 1.34. The zero-order valence-corrected chi connectivity index (χ0v) is 16.3. The van der Waals surface area contributed by atoms with Gasteiger partial charge >= 0.3 is 0 Å². The number of hydrazone groups is 1. The molecule has 31 heavy (non-hydrogen) atoms. The van der Waals surface area contributed by atoms with Crippen molar-refractivity contribution in [2.75, 3.05) is 5.43 Å². The molecule has 0 spiro atoms. The van der Waals surface area contributed by atoms with E-state index in [0.29, 0.717) is 22.4 Å². The molecule has 3 aromatic carbocycles. The minimum Gasteiger partial charge on any atom is -0.361 e. The Bertz CT molecular complexity index is 1700. The summed E-state index contributed by atoms with van der Waals surface area (Å²) in [6, 6.07) is 23.0. The molecule has 0 atom stereocenters. The van der Waals surface area contributed by atoms with E-state index in [-0.39, 0.29) is 5.56 Å². The SMILES string of the molecule is O=c1c2ccccc2nc2c3ccccc3c(N/N=C/c3c[nH]c4ccccc34)nn12. The number of hydrogen-bond acceptors (Lipinski definition) is 5. The van der Waals surface area contributed by atoms with Crippen LogP contribution in [0.4, 0.5) is 5.82 Å². The van der Waals surface area contributed by atoms with E-state index in [2.05, 4.69) is 20.6 Å². The van der Waals surface area contributed by atoms with E-state index in [1.54, 1.807) is 12.3 Å². The first-order chi connectivity index (χ1) is 15.3. The molecule has 0 unspecified atom stereocenters. The molecule has 148 valence electrons. The van der Waals surface area contributed by atoms with Gasteiger partial charge in [0.1, 0.15) is 0 Å². The van der Waals surface area contributed by atoms with Crippen molar-refractivity contribution in [1.29, 1.82) is 0 Å². The third kappa shape index (κ3) is 2.75. The fraction of sp³-hybridized carbons (Fsp3) is 0. The van der Waals surface area contributed by atoms with Crippen LogP contribution in [0.1, 0.15) is 5.56 Å². The van der Waals surface area contributed by atoms with E-state index in [4.69, 9.17) is 4.98 Å². The summed E-state index contributed by atoms with van der Waals surface area (Å²) in [6.45, 7) is 0. The average molecular weight is 404 g/mol. The van der Waals surface area contributed by atoms with Crippen molar-refractivity contribution in [3.05, 3.63) is 94.9 Å². The largest absolute Gasteiger partial charge is 0.361 e. The van der Waals surface area contributed by atoms with Crippen molar-refractivity contribution in [3.8, 4) is 0 Å². The average Bonchev–Trinajstić information content (AvgIpc) is 3.23. The molecule has 0 aliphatic heterocycles. The highest BCUT2D eigenvalue weighted by Crippen LogP contribution is 2.24. The maximum atomic E-state index is 13.1. The maximum Gasteiger partial charge on any atom is 0.282 e. The van der Waals surface area contributed by atoms with Crippen molar-refractivity contribution in [2.45, 2.75) is 0 Å². The number of nitrogens with zero attached hydrogens (tertiary/aromatic N) is 4. The lowest BCUT2D eigenvalue weighted by molar-refractivity contribution is 0.892. The molecule has 7 nitrogen and oxygen atoms in total. The standard InChI is InChI=1S/C24H16N6O/c31-24-19-10-4-6-12-21(19)27-23-18-9-2-1-8-17(18)22(29-30(23)24)28-26-14-15-13-25-20-11-5-3-7-16(15)20/h1-14,25H,(H,28,29)/b26-14+. The lowest BCUT2D eigenvalue weighted by atomic mass is 10.1. The van der Waals surface area contributed by atoms with E-state index in [9.17, 15) is 4.79 Å². The first-order valence-corrected chi connectivity index (χ1v) is 9.85. The van der Waals surface area contributed by atoms with Gasteiger partial charge in [0.05, 0.1) is 17.1 Å². The van der Waals surface area contributed by atoms with Gasteiger partial charge in [-0.1, -0.05) is 54.6 Å². The molecule has 0 bridgehead atoms. The van der Waals surface area contributed by atoms with Crippen LogP contribution in [-0.2, 0) is 0 Å². The van der Waals surface area contributed by atoms with Crippen LogP contribution in [0.2, 0.25) is 0 Å². The Morgan fingerprint density at radius 3 is 2.45 bits per heavy atom. The molecular formula is C24H16N6O. The summed E-state index contributed by atoms with van der Waals surface area (Å²) >= 11 is 0. The molecule has 0 amide bonds. The van der Waals surface area contributed by atoms with Gasteiger partial charge in [0.25, 0.3) is 5.56 Å². The van der Waals surface area contributed by atoms with Crippen LogP contribution in [0.5, 0.6) is 0 Å². The molecule has 0 aliphatic rings. The van der Waals surface area contributed by atoms with Crippen LogP contribution in [0, 0.1) is 0 Å². The Balaban J connectivity index is 1.51. The number of aromatic nitrogens is 4. The van der Waals surface area contributed by atoms with E-state index >= 15 is 0 Å². The summed E-state index contributed by atoms with van der Waals surface area (Å²) in [5, 5.41) is 12.2. The highest BCUT2D eigenvalue weighted by Gasteiger charge is 2.13. The molecule has 0 fully saturated rings. The number of rotatable bonds is 3. The normalized spacial score (nSPS) is 11.9. The predicted octanol–water partition coefficient (Wildman–Crippen LogP) is 4.32. The van der Waals surface area contributed by atoms with Crippen LogP contribution >= 0.6 is 0 Å². The van der Waals surface area contributed by atoms with E-state index in [0.717, 1.165) is 27.2 Å². The maximum absolute atomic E-state index is 13.1. The molecule has 3 aromatic heterocycles. The minimum absolute atomic E-state index is 0.213. The molecular weight excluding hydrogens is 388 g/mol. The van der Waals surface area contributed by atoms with Crippen molar-refractivity contribution in [2.24, 2.45) is 5.10 Å². The summed E-state index contributed by atoms with van der Waals surface area (Å²) in [4.78, 5) is 21.0. The molecule has 0 saturated carbocycles. The third-order valence-electron chi connectivity index (χ3n) is 5.37. The second kappa shape index (κ2) is 6.77. The Hall–Kier alpha value is -4.52. The van der Waals surface area contributed by atoms with Gasteiger partial charge in [-0.3, -0.25) is 10.2 Å². The fourth-order valence-corrected chi connectivity index (χ4v) is 3.88. The van der Waals surface area contributed by atoms with E-state index < -0.39 is 0 Å². The van der Waals surface area contributed by atoms with Gasteiger partial charge in [-0.25, -0.2) is 4.98 Å². The minimum atomic E-state index is -0.213. The number of hydrogen-bond donors (Lipinski definition) is 2. The Morgan fingerprint density at radius 1 is 0.871 bits per heavy atom. The zero-order valence-electron chi connectivity index (χ0n) is 16.3. The van der Waals surface area contributed by atoms with Gasteiger partial charge in [0, 0.05) is 33.4 Å². The Labute approximate surface area is 175 Å². The highest BCUT2D eigenvalue weighted by molar-refractivity contribution is 6.02. The van der Waals surface area contributed by atoms with Crippen molar-refractivity contribution in [3.63, 3.8) is 0 Å². The third-order valence-corrected chi connectivity index (χ3v) is 5.37. The molecule has 2 N–H and O–H groups in total. The van der Waals surface area contributed by atoms with Gasteiger partial charge in [-0.05, 0) is 18.2 Å². The van der Waals surface area contributed by atoms with Gasteiger partial charge < -0.3 is 4.98 Å². The second-order valence-electron chi connectivity index (χ2n) is 7.22. The molecule has 7 heteroatoms. The molecule has 6 aromatic rings. The lowest BCUT2D eigenvalue weighted by Gasteiger charge is -2.09. The van der Waals surface area contributed by atoms with Crippen LogP contribution in [0.25, 0.3) is 38.2 Å². The van der Waals surface area contributed by atoms with Crippen molar-refractivity contribution in [1.82, 2.24) is 19.6 Å².